The molecule has 0 aliphatic carbocycles. The average molecular weight is 709 g/mol. The molecule has 0 saturated carbocycles. The van der Waals surface area contributed by atoms with Crippen molar-refractivity contribution in [3.8, 4) is 17.6 Å². The van der Waals surface area contributed by atoms with Gasteiger partial charge in [-0.15, -0.1) is 0 Å². The van der Waals surface area contributed by atoms with E-state index in [2.05, 4.69) is 21.2 Å². The molecule has 13 heteroatoms. The van der Waals surface area contributed by atoms with E-state index in [-0.39, 0.29) is 11.1 Å². The first-order valence-electron chi connectivity index (χ1n) is 13.5. The summed E-state index contributed by atoms with van der Waals surface area (Å²) in [7, 11) is 3.26. The summed E-state index contributed by atoms with van der Waals surface area (Å²) in [5, 5.41) is 10.2. The van der Waals surface area contributed by atoms with E-state index >= 15 is 0 Å². The molecule has 1 aliphatic heterocycles. The standard InChI is InChI=1S/C32H26F6N3O2PSe/c1-40-29(22-10-6-12-24(17-22)31(33,34)35)30(23-11-7-13-25(18-23)32(36,37)38)41(2)44(40,45)43-28(20-39)21-9-8-16-27(19-21)42-26-14-4-3-5-15-26/h3-19,28-30H,1-2H3/t28-,29+,30+/m1/s1. The van der Waals surface area contributed by atoms with Crippen molar-refractivity contribution in [2.75, 3.05) is 14.1 Å². The molecule has 1 aliphatic rings. The third-order valence-corrected chi connectivity index (χ3v) is 13.9. The molecule has 0 spiro atoms. The van der Waals surface area contributed by atoms with Crippen molar-refractivity contribution in [3.05, 3.63) is 131 Å². The van der Waals surface area contributed by atoms with Crippen LogP contribution in [-0.4, -0.2) is 38.5 Å². The van der Waals surface area contributed by atoms with Gasteiger partial charge in [-0.05, 0) is 0 Å². The fraction of sp³-hybridized carbons (Fsp3) is 0.219. The van der Waals surface area contributed by atoms with Gasteiger partial charge in [0.15, 0.2) is 0 Å². The van der Waals surface area contributed by atoms with Crippen molar-refractivity contribution in [1.29, 1.82) is 5.26 Å². The van der Waals surface area contributed by atoms with E-state index in [1.165, 1.54) is 24.3 Å². The van der Waals surface area contributed by atoms with Crippen LogP contribution in [0, 0.1) is 11.3 Å². The Hall–Kier alpha value is -3.42. The number of alkyl halides is 6. The maximum absolute atomic E-state index is 13.7. The molecule has 0 aromatic heterocycles. The van der Waals surface area contributed by atoms with Gasteiger partial charge < -0.3 is 0 Å². The second-order valence-corrected chi connectivity index (χ2v) is 15.8. The zero-order valence-corrected chi connectivity index (χ0v) is 26.4. The minimum absolute atomic E-state index is 0.231. The van der Waals surface area contributed by atoms with Gasteiger partial charge in [0, 0.05) is 0 Å². The zero-order valence-electron chi connectivity index (χ0n) is 23.8. The van der Waals surface area contributed by atoms with E-state index in [4.69, 9.17) is 9.26 Å². The number of para-hydroxylation sites is 1. The molecule has 4 aromatic carbocycles. The fourth-order valence-electron chi connectivity index (χ4n) is 5.35. The Kier molecular flexibility index (Phi) is 9.35. The topological polar surface area (TPSA) is 48.7 Å². The summed E-state index contributed by atoms with van der Waals surface area (Å²) in [4.78, 5) is 0. The van der Waals surface area contributed by atoms with Gasteiger partial charge in [-0.25, -0.2) is 0 Å². The van der Waals surface area contributed by atoms with E-state index in [9.17, 15) is 31.6 Å². The van der Waals surface area contributed by atoms with Crippen molar-refractivity contribution < 1.29 is 35.6 Å². The van der Waals surface area contributed by atoms with E-state index in [0.717, 1.165) is 24.3 Å². The van der Waals surface area contributed by atoms with E-state index < -0.39 is 47.7 Å². The number of hydrogen-bond donors (Lipinski definition) is 0. The van der Waals surface area contributed by atoms with Crippen LogP contribution in [0.4, 0.5) is 26.3 Å². The number of likely N-dealkylation sites (N-methyl/N-ethyl adjacent to an activating group) is 2. The molecule has 0 unspecified atom stereocenters. The van der Waals surface area contributed by atoms with Crippen LogP contribution in [0.25, 0.3) is 0 Å². The molecule has 1 saturated heterocycles. The number of benzene rings is 4. The van der Waals surface area contributed by atoms with Gasteiger partial charge >= 0.3 is 264 Å². The van der Waals surface area contributed by atoms with Crippen LogP contribution >= 0.6 is 6.04 Å². The monoisotopic (exact) mass is 709 g/mol. The van der Waals surface area contributed by atoms with Gasteiger partial charge in [-0.3, -0.25) is 0 Å². The van der Waals surface area contributed by atoms with Crippen LogP contribution in [0.2, 0.25) is 0 Å². The zero-order chi connectivity index (χ0) is 32.6. The summed E-state index contributed by atoms with van der Waals surface area (Å²) in [6.45, 7) is 0. The number of ether oxygens (including phenoxy) is 1. The molecule has 0 amide bonds. The first kappa shape index (κ1) is 33.0. The predicted molar refractivity (Wildman–Crippen MR) is 159 cm³/mol. The van der Waals surface area contributed by atoms with Gasteiger partial charge in [0.05, 0.1) is 0 Å². The SMILES string of the molecule is CN1[C@@H](c2cccc(C(F)(F)F)c2)[C@H](c2cccc(C(F)(F)F)c2)N(C)P1(=[Se])O[C@H](C#N)c1cccc(Oc2ccccc2)c1. The minimum atomic E-state index is -4.63. The van der Waals surface area contributed by atoms with Crippen LogP contribution in [0.1, 0.15) is 46.0 Å². The number of nitriles is 1. The van der Waals surface area contributed by atoms with Crippen LogP contribution in [0.5, 0.6) is 11.5 Å². The maximum atomic E-state index is 13.7. The summed E-state index contributed by atoms with van der Waals surface area (Å²) >= 11 is 3.04. The van der Waals surface area contributed by atoms with Crippen molar-refractivity contribution in [1.82, 2.24) is 9.34 Å². The third kappa shape index (κ3) is 6.90. The van der Waals surface area contributed by atoms with Crippen LogP contribution < -0.4 is 4.74 Å². The molecule has 5 nitrogen and oxygen atoms in total. The molecular formula is C32H26F6N3O2PSe. The van der Waals surface area contributed by atoms with E-state index in [0.29, 0.717) is 17.1 Å². The summed E-state index contributed by atoms with van der Waals surface area (Å²) < 4.78 is 98.3. The molecule has 0 radical (unpaired) electrons. The Morgan fingerprint density at radius 1 is 0.711 bits per heavy atom. The molecule has 234 valence electrons. The molecule has 5 rings (SSSR count). The Balaban J connectivity index is 1.56. The molecular weight excluding hydrogens is 682 g/mol. The molecule has 3 atom stereocenters. The molecule has 45 heavy (non-hydrogen) atoms. The Morgan fingerprint density at radius 2 is 1.20 bits per heavy atom. The van der Waals surface area contributed by atoms with Crippen LogP contribution in [-0.2, 0) is 16.9 Å². The van der Waals surface area contributed by atoms with Gasteiger partial charge in [-0.2, -0.15) is 0 Å². The predicted octanol–water partition coefficient (Wildman–Crippen LogP) is 9.30. The third-order valence-electron chi connectivity index (χ3n) is 7.51. The summed E-state index contributed by atoms with van der Waals surface area (Å²) in [6.07, 6.45) is -10.4. The molecule has 1 fully saturated rings. The van der Waals surface area contributed by atoms with Gasteiger partial charge in [-0.1, -0.05) is 0 Å². The quantitative estimate of drug-likeness (QED) is 0.109. The normalized spacial score (nSPS) is 19.6. The number of rotatable bonds is 7. The second-order valence-electron chi connectivity index (χ2n) is 10.4. The van der Waals surface area contributed by atoms with Gasteiger partial charge in [0.2, 0.25) is 0 Å². The Morgan fingerprint density at radius 3 is 1.69 bits per heavy atom. The summed E-state index contributed by atoms with van der Waals surface area (Å²) in [5.74, 6) is 1.03. The first-order chi connectivity index (χ1) is 21.2. The number of hydrogen-bond acceptors (Lipinski definition) is 5. The molecule has 4 aromatic rings. The van der Waals surface area contributed by atoms with E-state index in [1.807, 2.05) is 18.2 Å². The fourth-order valence-corrected chi connectivity index (χ4v) is 9.50. The van der Waals surface area contributed by atoms with Gasteiger partial charge in [0.1, 0.15) is 0 Å². The van der Waals surface area contributed by atoms with Crippen molar-refractivity contribution >= 4 is 21.1 Å². The summed E-state index contributed by atoms with van der Waals surface area (Å²) in [5.41, 5.74) is -0.856. The Bertz CT molecular complexity index is 1690. The molecule has 1 heterocycles. The van der Waals surface area contributed by atoms with Crippen LogP contribution in [0.3, 0.4) is 0 Å². The van der Waals surface area contributed by atoms with Crippen molar-refractivity contribution in [2.45, 2.75) is 30.5 Å². The van der Waals surface area contributed by atoms with E-state index in [1.54, 1.807) is 59.8 Å². The number of nitrogens with zero attached hydrogens (tertiary/aromatic N) is 3. The van der Waals surface area contributed by atoms with Crippen molar-refractivity contribution in [3.63, 3.8) is 0 Å². The van der Waals surface area contributed by atoms with Crippen molar-refractivity contribution in [2.24, 2.45) is 0 Å². The Labute approximate surface area is 264 Å². The van der Waals surface area contributed by atoms with Crippen LogP contribution in [0.15, 0.2) is 103 Å². The number of halogens is 6. The second kappa shape index (κ2) is 12.8. The summed E-state index contributed by atoms with van der Waals surface area (Å²) in [6, 6.07) is 22.4. The molecule has 0 bridgehead atoms. The average Bonchev–Trinajstić information content (AvgIpc) is 3.20. The first-order valence-corrected chi connectivity index (χ1v) is 17.4. The molecule has 0 N–H and O–H groups in total. The van der Waals surface area contributed by atoms with Gasteiger partial charge in [0.25, 0.3) is 0 Å².